The topological polar surface area (TPSA) is 127 Å². The minimum Gasteiger partial charge on any atom is -0.508 e. The second-order valence-corrected chi connectivity index (χ2v) is 23.8. The summed E-state index contributed by atoms with van der Waals surface area (Å²) in [5.74, 6) is 6.08. The highest BCUT2D eigenvalue weighted by molar-refractivity contribution is 5.91. The van der Waals surface area contributed by atoms with E-state index < -0.39 is 12.4 Å². The summed E-state index contributed by atoms with van der Waals surface area (Å²) >= 11 is 0. The maximum Gasteiger partial charge on any atom is 0.361 e. The Morgan fingerprint density at radius 2 is 1.14 bits per heavy atom. The molecule has 0 saturated heterocycles. The first-order chi connectivity index (χ1) is 34.5. The first kappa shape index (κ1) is 59.3. The predicted octanol–water partition coefficient (Wildman–Crippen LogP) is 16.2. The van der Waals surface area contributed by atoms with Crippen molar-refractivity contribution >= 4 is 17.9 Å². The van der Waals surface area contributed by atoms with Gasteiger partial charge in [-0.3, -0.25) is 9.59 Å². The number of ether oxygens (including phenoxy) is 6. The van der Waals surface area contributed by atoms with Crippen LogP contribution >= 0.6 is 0 Å². The number of aromatic hydroxyl groups is 1. The van der Waals surface area contributed by atoms with E-state index in [2.05, 4.69) is 62.3 Å². The number of fused-ring (bicyclic) bond motifs is 1. The third-order valence-electron chi connectivity index (χ3n) is 17.5. The van der Waals surface area contributed by atoms with E-state index >= 15 is 0 Å². The van der Waals surface area contributed by atoms with Gasteiger partial charge in [0.1, 0.15) is 17.0 Å². The van der Waals surface area contributed by atoms with Crippen LogP contribution in [0, 0.1) is 46.3 Å². The molecule has 1 N–H and O–H groups in total. The molecule has 0 radical (unpaired) electrons. The molecule has 5 fully saturated rings. The Morgan fingerprint density at radius 1 is 0.644 bits per heavy atom. The van der Waals surface area contributed by atoms with Gasteiger partial charge in [-0.15, -0.1) is 0 Å². The number of phenols is 1. The summed E-state index contributed by atoms with van der Waals surface area (Å²) in [6.07, 6.45) is 15.0. The van der Waals surface area contributed by atoms with Crippen LogP contribution in [0.1, 0.15) is 221 Å². The van der Waals surface area contributed by atoms with Gasteiger partial charge >= 0.3 is 24.4 Å². The monoisotopic (exact) mass is 1010 g/mol. The highest BCUT2D eigenvalue weighted by atomic mass is 16.9. The number of para-hydroxylation sites is 1. The Balaban J connectivity index is 0.000000188. The second-order valence-electron chi connectivity index (χ2n) is 23.8. The summed E-state index contributed by atoms with van der Waals surface area (Å²) in [7, 11) is 0. The fraction of sp³-hybridized carbons (Fsp3) is 0.667. The number of rotatable bonds is 16. The summed E-state index contributed by atoms with van der Waals surface area (Å²) in [6, 6.07) is 20.1. The van der Waals surface area contributed by atoms with Crippen LogP contribution in [0.2, 0.25) is 0 Å². The first-order valence-corrected chi connectivity index (χ1v) is 28.1. The summed E-state index contributed by atoms with van der Waals surface area (Å²) in [5, 5.41) is 9.01. The molecule has 406 valence electrons. The van der Waals surface area contributed by atoms with E-state index in [-0.39, 0.29) is 34.0 Å². The van der Waals surface area contributed by atoms with Crippen LogP contribution in [0.5, 0.6) is 23.0 Å². The van der Waals surface area contributed by atoms with Crippen LogP contribution in [0.25, 0.3) is 0 Å². The van der Waals surface area contributed by atoms with Gasteiger partial charge in [0.2, 0.25) is 5.75 Å². The van der Waals surface area contributed by atoms with Gasteiger partial charge in [-0.05, 0) is 213 Å². The zero-order chi connectivity index (χ0) is 53.9. The number of esters is 3. The quantitative estimate of drug-likeness (QED) is 0.109. The molecule has 10 heteroatoms. The largest absolute Gasteiger partial charge is 0.508 e. The molecule has 1 heterocycles. The lowest BCUT2D eigenvalue weighted by atomic mass is 9.47. The molecule has 3 aromatic rings. The van der Waals surface area contributed by atoms with E-state index in [9.17, 15) is 14.4 Å². The van der Waals surface area contributed by atoms with E-state index in [1.807, 2.05) is 65.8 Å². The summed E-state index contributed by atoms with van der Waals surface area (Å²) < 4.78 is 34.1. The van der Waals surface area contributed by atoms with Gasteiger partial charge in [0, 0.05) is 0 Å². The van der Waals surface area contributed by atoms with Crippen LogP contribution in [0.15, 0.2) is 66.7 Å². The van der Waals surface area contributed by atoms with Crippen LogP contribution in [-0.2, 0) is 23.8 Å². The summed E-state index contributed by atoms with van der Waals surface area (Å²) in [4.78, 5) is 37.3. The minimum absolute atomic E-state index is 0.0226. The standard InChI is InChI=1S/C20H22O5.C19H32O2.C14H26O2.C10H14O/c1-4-13(3)14-9-11-15(12-10-14)19(21)23-16-7-6-8-17-18(16)25-20(24-17)22-5-2;1-6-18(4,5)17(20)21-19(12(2)3)15-8-13-7-14(10-15)11-16(19)9-13;1-6-13(4,5)12(15)16-14(11(2)3)9-7-8-10-14;1-3-8(2)9-4-6-10(11)7-5-9/h6-13,20H,4-5H2,1-3H3;12-16H,6-11H2,1-5H3;11H,6-10H2,1-5H3;4-8,11H,3H2,1-2H3. The maximum atomic E-state index is 12.8. The van der Waals surface area contributed by atoms with Crippen LogP contribution in [0.4, 0.5) is 0 Å². The van der Waals surface area contributed by atoms with E-state index in [1.165, 1.54) is 56.1 Å². The SMILES string of the molecule is CCC(C)(C)C(=O)OC1(C(C)C)C2CC3CC(C2)CC1C3.CCC(C)(C)C(=O)OC1(C(C)C)CCCC1.CCC(C)c1ccc(O)cc1.CCOC1Oc2cccc(OC(=O)c3ccc(C(C)CC)cc3)c2O1. The molecular formula is C63H94O10. The molecule has 3 unspecified atom stereocenters. The summed E-state index contributed by atoms with van der Waals surface area (Å²) in [5.41, 5.74) is 1.95. The third kappa shape index (κ3) is 14.4. The maximum absolute atomic E-state index is 12.8. The molecular weight excluding hydrogens is 917 g/mol. The average molecular weight is 1010 g/mol. The molecule has 3 aromatic carbocycles. The van der Waals surface area contributed by atoms with Crippen molar-refractivity contribution in [3.8, 4) is 23.0 Å². The van der Waals surface area contributed by atoms with Crippen LogP contribution < -0.4 is 14.2 Å². The lowest BCUT2D eigenvalue weighted by Crippen LogP contribution is -2.63. The highest BCUT2D eigenvalue weighted by Crippen LogP contribution is 2.62. The number of hydrogen-bond donors (Lipinski definition) is 1. The number of carbonyl (C=O) groups is 3. The molecule has 4 bridgehead atoms. The zero-order valence-electron chi connectivity index (χ0n) is 47.6. The first-order valence-electron chi connectivity index (χ1n) is 28.1. The molecule has 5 aliphatic carbocycles. The molecule has 9 rings (SSSR count). The van der Waals surface area contributed by atoms with Gasteiger partial charge in [0.15, 0.2) is 11.5 Å². The number of phenolic OH excluding ortho intramolecular Hbond substituents is 1. The number of hydrogen-bond acceptors (Lipinski definition) is 10. The van der Waals surface area contributed by atoms with Crippen LogP contribution in [-0.4, -0.2) is 47.3 Å². The Bertz CT molecular complexity index is 2190. The van der Waals surface area contributed by atoms with Crippen LogP contribution in [0.3, 0.4) is 0 Å². The van der Waals surface area contributed by atoms with Gasteiger partial charge in [-0.25, -0.2) is 4.79 Å². The molecule has 1 aliphatic heterocycles. The fourth-order valence-electron chi connectivity index (χ4n) is 11.4. The van der Waals surface area contributed by atoms with Crippen molar-refractivity contribution in [3.05, 3.63) is 83.4 Å². The Kier molecular flexibility index (Phi) is 20.9. The fourth-order valence-corrected chi connectivity index (χ4v) is 11.4. The highest BCUT2D eigenvalue weighted by Gasteiger charge is 2.61. The molecule has 0 spiro atoms. The lowest BCUT2D eigenvalue weighted by molar-refractivity contribution is -0.231. The van der Waals surface area contributed by atoms with Gasteiger partial charge in [0.05, 0.1) is 23.0 Å². The zero-order valence-corrected chi connectivity index (χ0v) is 47.6. The van der Waals surface area contributed by atoms with Crippen molar-refractivity contribution in [1.82, 2.24) is 0 Å². The normalized spacial score (nSPS) is 24.0. The van der Waals surface area contributed by atoms with E-state index in [0.717, 1.165) is 50.4 Å². The number of benzene rings is 3. The van der Waals surface area contributed by atoms with Gasteiger partial charge < -0.3 is 33.5 Å². The van der Waals surface area contributed by atoms with Crippen molar-refractivity contribution in [3.63, 3.8) is 0 Å². The van der Waals surface area contributed by atoms with Crippen molar-refractivity contribution in [2.24, 2.45) is 46.3 Å². The Morgan fingerprint density at radius 3 is 1.59 bits per heavy atom. The van der Waals surface area contributed by atoms with E-state index in [1.54, 1.807) is 42.5 Å². The third-order valence-corrected chi connectivity index (χ3v) is 17.5. The van der Waals surface area contributed by atoms with E-state index in [4.69, 9.17) is 33.5 Å². The van der Waals surface area contributed by atoms with E-state index in [0.29, 0.717) is 70.7 Å². The van der Waals surface area contributed by atoms with Gasteiger partial charge in [-0.2, -0.15) is 0 Å². The molecule has 73 heavy (non-hydrogen) atoms. The van der Waals surface area contributed by atoms with Crippen molar-refractivity contribution in [1.29, 1.82) is 0 Å². The molecule has 10 nitrogen and oxygen atoms in total. The molecule has 0 aromatic heterocycles. The summed E-state index contributed by atoms with van der Waals surface area (Å²) in [6.45, 7) is 31.1. The van der Waals surface area contributed by atoms with Gasteiger partial charge in [-0.1, -0.05) is 99.6 Å². The lowest BCUT2D eigenvalue weighted by Gasteiger charge is -2.62. The molecule has 3 atom stereocenters. The van der Waals surface area contributed by atoms with Crippen molar-refractivity contribution < 1.29 is 47.9 Å². The second kappa shape index (κ2) is 25.8. The number of carbonyl (C=O) groups excluding carboxylic acids is 3. The minimum atomic E-state index is -0.810. The predicted molar refractivity (Wildman–Crippen MR) is 291 cm³/mol. The van der Waals surface area contributed by atoms with Crippen molar-refractivity contribution in [2.45, 2.75) is 217 Å². The molecule has 6 aliphatic rings. The smallest absolute Gasteiger partial charge is 0.361 e. The Hall–Kier alpha value is -4.57. The van der Waals surface area contributed by atoms with Crippen molar-refractivity contribution in [2.75, 3.05) is 6.61 Å². The average Bonchev–Trinajstić information content (AvgIpc) is 4.03. The Labute approximate surface area is 440 Å². The molecule has 0 amide bonds. The molecule has 5 saturated carbocycles. The van der Waals surface area contributed by atoms with Gasteiger partial charge in [0.25, 0.3) is 0 Å².